The molecule has 0 heterocycles. The summed E-state index contributed by atoms with van der Waals surface area (Å²) in [7, 11) is 0. The summed E-state index contributed by atoms with van der Waals surface area (Å²) in [6.07, 6.45) is 2.07. The van der Waals surface area contributed by atoms with Gasteiger partial charge in [-0.25, -0.2) is 0 Å². The largest absolute Gasteiger partial charge is 0.357 e. The van der Waals surface area contributed by atoms with Gasteiger partial charge in [0.25, 0.3) is 0 Å². The molecule has 5 heteroatoms. The van der Waals surface area contributed by atoms with Crippen LogP contribution in [0.15, 0.2) is 35.3 Å². The van der Waals surface area contributed by atoms with Gasteiger partial charge in [-0.3, -0.25) is 9.79 Å². The highest BCUT2D eigenvalue weighted by Gasteiger charge is 2.20. The number of nitrogens with zero attached hydrogens (tertiary/aromatic N) is 1. The fourth-order valence-corrected chi connectivity index (χ4v) is 2.26. The normalized spacial score (nSPS) is 13.2. The van der Waals surface area contributed by atoms with E-state index in [-0.39, 0.29) is 11.3 Å². The van der Waals surface area contributed by atoms with E-state index in [0.717, 1.165) is 25.3 Å². The number of aryl methyl sites for hydroxylation is 1. The van der Waals surface area contributed by atoms with Gasteiger partial charge in [-0.1, -0.05) is 51.1 Å². The molecule has 0 bridgehead atoms. The highest BCUT2D eigenvalue weighted by Crippen LogP contribution is 2.11. The van der Waals surface area contributed by atoms with E-state index in [9.17, 15) is 4.79 Å². The summed E-state index contributed by atoms with van der Waals surface area (Å²) in [4.78, 5) is 16.4. The molecule has 1 aromatic rings. The standard InChI is InChI=1S/C20H34N4O/c1-6-21-19(23-15-14-22-18(25)20(3,4)5)24-16(2)12-13-17-10-8-7-9-11-17/h7-11,16H,6,12-15H2,1-5H3,(H,22,25)(H2,21,23,24). The van der Waals surface area contributed by atoms with Crippen LogP contribution in [0.25, 0.3) is 0 Å². The Balaban J connectivity index is 2.40. The zero-order valence-corrected chi connectivity index (χ0v) is 16.4. The molecule has 0 aliphatic carbocycles. The quantitative estimate of drug-likeness (QED) is 0.385. The Morgan fingerprint density at radius 1 is 1.16 bits per heavy atom. The molecule has 1 amide bonds. The topological polar surface area (TPSA) is 65.5 Å². The van der Waals surface area contributed by atoms with Crippen LogP contribution in [0.3, 0.4) is 0 Å². The minimum atomic E-state index is -0.363. The van der Waals surface area contributed by atoms with Crippen LogP contribution in [-0.2, 0) is 11.2 Å². The van der Waals surface area contributed by atoms with Crippen molar-refractivity contribution in [2.75, 3.05) is 19.6 Å². The molecule has 1 aromatic carbocycles. The SMILES string of the molecule is CCNC(=NCCNC(=O)C(C)(C)C)NC(C)CCc1ccccc1. The number of hydrogen-bond acceptors (Lipinski definition) is 2. The Morgan fingerprint density at radius 3 is 2.44 bits per heavy atom. The maximum Gasteiger partial charge on any atom is 0.225 e. The predicted molar refractivity (Wildman–Crippen MR) is 106 cm³/mol. The highest BCUT2D eigenvalue weighted by atomic mass is 16.2. The molecule has 0 fully saturated rings. The second-order valence-electron chi connectivity index (χ2n) is 7.34. The van der Waals surface area contributed by atoms with Crippen LogP contribution in [0.2, 0.25) is 0 Å². The lowest BCUT2D eigenvalue weighted by molar-refractivity contribution is -0.128. The van der Waals surface area contributed by atoms with E-state index >= 15 is 0 Å². The molecule has 0 aromatic heterocycles. The zero-order valence-electron chi connectivity index (χ0n) is 16.4. The Kier molecular flexibility index (Phi) is 9.03. The Labute approximate surface area is 152 Å². The number of guanidine groups is 1. The lowest BCUT2D eigenvalue weighted by Crippen LogP contribution is -2.43. The van der Waals surface area contributed by atoms with E-state index in [1.165, 1.54) is 5.56 Å². The van der Waals surface area contributed by atoms with Gasteiger partial charge in [0, 0.05) is 24.5 Å². The first-order chi connectivity index (χ1) is 11.8. The third-order valence-electron chi connectivity index (χ3n) is 3.78. The first-order valence-corrected chi connectivity index (χ1v) is 9.20. The lowest BCUT2D eigenvalue weighted by atomic mass is 9.96. The molecule has 1 rings (SSSR count). The van der Waals surface area contributed by atoms with E-state index in [0.29, 0.717) is 19.1 Å². The van der Waals surface area contributed by atoms with Crippen LogP contribution in [0, 0.1) is 5.41 Å². The first kappa shape index (κ1) is 21.0. The third kappa shape index (κ3) is 9.13. The van der Waals surface area contributed by atoms with Gasteiger partial charge < -0.3 is 16.0 Å². The summed E-state index contributed by atoms with van der Waals surface area (Å²) < 4.78 is 0. The Bertz CT molecular complexity index is 534. The van der Waals surface area contributed by atoms with Gasteiger partial charge >= 0.3 is 0 Å². The average Bonchev–Trinajstić information content (AvgIpc) is 2.57. The van der Waals surface area contributed by atoms with Crippen LogP contribution in [-0.4, -0.2) is 37.5 Å². The van der Waals surface area contributed by atoms with E-state index in [2.05, 4.69) is 52.1 Å². The molecule has 0 spiro atoms. The molecule has 0 aliphatic rings. The second-order valence-corrected chi connectivity index (χ2v) is 7.34. The molecule has 1 unspecified atom stereocenters. The van der Waals surface area contributed by atoms with Gasteiger partial charge in [0.05, 0.1) is 6.54 Å². The molecule has 0 radical (unpaired) electrons. The Morgan fingerprint density at radius 2 is 1.84 bits per heavy atom. The smallest absolute Gasteiger partial charge is 0.225 e. The number of nitrogens with one attached hydrogen (secondary N) is 3. The molecule has 0 saturated carbocycles. The number of carbonyl (C=O) groups is 1. The fraction of sp³-hybridized carbons (Fsp3) is 0.600. The maximum absolute atomic E-state index is 11.8. The van der Waals surface area contributed by atoms with Crippen LogP contribution >= 0.6 is 0 Å². The number of benzene rings is 1. The van der Waals surface area contributed by atoms with Crippen molar-refractivity contribution in [3.8, 4) is 0 Å². The van der Waals surface area contributed by atoms with Gasteiger partial charge in [0.2, 0.25) is 5.91 Å². The van der Waals surface area contributed by atoms with Crippen molar-refractivity contribution >= 4 is 11.9 Å². The molecule has 140 valence electrons. The zero-order chi connectivity index (χ0) is 18.7. The first-order valence-electron chi connectivity index (χ1n) is 9.20. The number of amides is 1. The number of rotatable bonds is 8. The summed E-state index contributed by atoms with van der Waals surface area (Å²) >= 11 is 0. The van der Waals surface area contributed by atoms with E-state index in [1.54, 1.807) is 0 Å². The molecule has 0 aliphatic heterocycles. The monoisotopic (exact) mass is 346 g/mol. The van der Waals surface area contributed by atoms with E-state index < -0.39 is 0 Å². The summed E-state index contributed by atoms with van der Waals surface area (Å²) in [5, 5.41) is 9.61. The minimum Gasteiger partial charge on any atom is -0.357 e. The van der Waals surface area contributed by atoms with Gasteiger partial charge in [0.15, 0.2) is 5.96 Å². The summed E-state index contributed by atoms with van der Waals surface area (Å²) in [5.41, 5.74) is 0.987. The molecule has 25 heavy (non-hydrogen) atoms. The number of hydrogen-bond donors (Lipinski definition) is 3. The van der Waals surface area contributed by atoms with Gasteiger partial charge in [-0.2, -0.15) is 0 Å². The number of aliphatic imine (C=N–C) groups is 1. The predicted octanol–water partition coefficient (Wildman–Crippen LogP) is 2.73. The second kappa shape index (κ2) is 10.7. The van der Waals surface area contributed by atoms with Crippen molar-refractivity contribution in [1.82, 2.24) is 16.0 Å². The summed E-state index contributed by atoms with van der Waals surface area (Å²) in [6, 6.07) is 10.8. The molecule has 0 saturated heterocycles. The van der Waals surface area contributed by atoms with E-state index in [1.807, 2.05) is 33.8 Å². The van der Waals surface area contributed by atoms with Gasteiger partial charge in [-0.05, 0) is 32.3 Å². The van der Waals surface area contributed by atoms with E-state index in [4.69, 9.17) is 0 Å². The molecule has 1 atom stereocenters. The molecular weight excluding hydrogens is 312 g/mol. The average molecular weight is 347 g/mol. The van der Waals surface area contributed by atoms with Crippen molar-refractivity contribution in [1.29, 1.82) is 0 Å². The third-order valence-corrected chi connectivity index (χ3v) is 3.78. The minimum absolute atomic E-state index is 0.0527. The molecule has 3 N–H and O–H groups in total. The summed E-state index contributed by atoms with van der Waals surface area (Å²) in [5.74, 6) is 0.852. The van der Waals surface area contributed by atoms with Gasteiger partial charge in [-0.15, -0.1) is 0 Å². The van der Waals surface area contributed by atoms with Crippen LogP contribution in [0.1, 0.15) is 46.6 Å². The maximum atomic E-state index is 11.8. The van der Waals surface area contributed by atoms with Crippen molar-refractivity contribution < 1.29 is 4.79 Å². The highest BCUT2D eigenvalue weighted by molar-refractivity contribution is 5.81. The van der Waals surface area contributed by atoms with Crippen LogP contribution < -0.4 is 16.0 Å². The van der Waals surface area contributed by atoms with Crippen LogP contribution in [0.4, 0.5) is 0 Å². The fourth-order valence-electron chi connectivity index (χ4n) is 2.26. The van der Waals surface area contributed by atoms with Crippen molar-refractivity contribution in [3.63, 3.8) is 0 Å². The molecule has 5 nitrogen and oxygen atoms in total. The van der Waals surface area contributed by atoms with Crippen LogP contribution in [0.5, 0.6) is 0 Å². The van der Waals surface area contributed by atoms with Crippen molar-refractivity contribution in [2.24, 2.45) is 10.4 Å². The Hall–Kier alpha value is -2.04. The molecular formula is C20H34N4O. The van der Waals surface area contributed by atoms with Gasteiger partial charge in [0.1, 0.15) is 0 Å². The van der Waals surface area contributed by atoms with Crippen molar-refractivity contribution in [3.05, 3.63) is 35.9 Å². The number of carbonyl (C=O) groups excluding carboxylic acids is 1. The summed E-state index contributed by atoms with van der Waals surface area (Å²) in [6.45, 7) is 11.9. The van der Waals surface area contributed by atoms with Crippen molar-refractivity contribution in [2.45, 2.75) is 53.5 Å². The lowest BCUT2D eigenvalue weighted by Gasteiger charge is -2.19.